The predicted octanol–water partition coefficient (Wildman–Crippen LogP) is 4.31. The van der Waals surface area contributed by atoms with E-state index in [1.54, 1.807) is 11.0 Å². The lowest BCUT2D eigenvalue weighted by molar-refractivity contribution is -0.126. The molecule has 0 bridgehead atoms. The molecule has 2 aromatic carbocycles. The highest BCUT2D eigenvalue weighted by Gasteiger charge is 2.27. The number of carbonyl (C=O) groups is 1. The number of phenols is 2. The monoisotopic (exact) mass is 377 g/mol. The molecule has 2 aromatic rings. The summed E-state index contributed by atoms with van der Waals surface area (Å²) >= 11 is 12.2. The lowest BCUT2D eigenvalue weighted by Gasteiger charge is -2.30. The Labute approximate surface area is 155 Å². The summed E-state index contributed by atoms with van der Waals surface area (Å²) in [5.74, 6) is -1.01. The Bertz CT molecular complexity index is 860. The number of halogens is 2. The highest BCUT2D eigenvalue weighted by atomic mass is 35.5. The zero-order valence-corrected chi connectivity index (χ0v) is 15.1. The van der Waals surface area contributed by atoms with Gasteiger partial charge in [-0.3, -0.25) is 4.79 Å². The third kappa shape index (κ3) is 3.46. The van der Waals surface area contributed by atoms with Gasteiger partial charge in [0.25, 0.3) is 0 Å². The first-order chi connectivity index (χ1) is 11.9. The van der Waals surface area contributed by atoms with Crippen molar-refractivity contribution in [2.24, 2.45) is 0 Å². The first-order valence-electron chi connectivity index (χ1n) is 7.82. The molecule has 3 rings (SSSR count). The van der Waals surface area contributed by atoms with E-state index in [1.165, 1.54) is 6.08 Å². The van der Waals surface area contributed by atoms with Crippen molar-refractivity contribution in [1.82, 2.24) is 4.90 Å². The van der Waals surface area contributed by atoms with E-state index in [2.05, 4.69) is 0 Å². The number of hydrogen-bond acceptors (Lipinski definition) is 3. The van der Waals surface area contributed by atoms with Crippen LogP contribution in [0.15, 0.2) is 30.3 Å². The molecule has 0 atom stereocenters. The Balaban J connectivity index is 1.80. The average molecular weight is 378 g/mol. The fraction of sp³-hybridized carbons (Fsp3) is 0.211. The number of carbonyl (C=O) groups excluding carboxylic acids is 1. The summed E-state index contributed by atoms with van der Waals surface area (Å²) in [6.45, 7) is 2.70. The lowest BCUT2D eigenvalue weighted by atomic mass is 9.98. The van der Waals surface area contributed by atoms with Crippen LogP contribution in [0.3, 0.4) is 0 Å². The minimum Gasteiger partial charge on any atom is -0.503 e. The van der Waals surface area contributed by atoms with Crippen LogP contribution in [0.2, 0.25) is 10.0 Å². The van der Waals surface area contributed by atoms with E-state index in [-0.39, 0.29) is 22.5 Å². The Morgan fingerprint density at radius 3 is 2.32 bits per heavy atom. The van der Waals surface area contributed by atoms with E-state index >= 15 is 0 Å². The molecule has 0 saturated carbocycles. The van der Waals surface area contributed by atoms with E-state index < -0.39 is 11.5 Å². The van der Waals surface area contributed by atoms with Crippen LogP contribution in [0, 0.1) is 6.92 Å². The third-order valence-corrected chi connectivity index (χ3v) is 5.14. The minimum atomic E-state index is -0.449. The van der Waals surface area contributed by atoms with Gasteiger partial charge in [-0.2, -0.15) is 0 Å². The number of benzene rings is 2. The molecule has 0 aliphatic carbocycles. The van der Waals surface area contributed by atoms with Crippen molar-refractivity contribution in [1.29, 1.82) is 0 Å². The molecule has 6 heteroatoms. The molecule has 0 spiro atoms. The molecule has 1 aliphatic heterocycles. The maximum Gasteiger partial charge on any atom is 0.246 e. The Morgan fingerprint density at radius 2 is 1.68 bits per heavy atom. The minimum absolute atomic E-state index is 0.0388. The second kappa shape index (κ2) is 6.98. The Hall–Kier alpha value is -2.17. The van der Waals surface area contributed by atoms with Gasteiger partial charge in [0, 0.05) is 19.2 Å². The van der Waals surface area contributed by atoms with E-state index in [9.17, 15) is 15.0 Å². The first kappa shape index (κ1) is 17.6. The number of fused-ring (bicyclic) bond motifs is 1. The summed E-state index contributed by atoms with van der Waals surface area (Å²) < 4.78 is 0. The molecule has 2 N–H and O–H groups in total. The second-order valence-electron chi connectivity index (χ2n) is 6.04. The van der Waals surface area contributed by atoms with Gasteiger partial charge < -0.3 is 15.1 Å². The van der Waals surface area contributed by atoms with Gasteiger partial charge in [-0.15, -0.1) is 0 Å². The number of aromatic hydroxyl groups is 2. The zero-order valence-electron chi connectivity index (χ0n) is 13.6. The summed E-state index contributed by atoms with van der Waals surface area (Å²) in [6, 6.07) is 7.86. The summed E-state index contributed by atoms with van der Waals surface area (Å²) in [5.41, 5.74) is 3.35. The van der Waals surface area contributed by atoms with Gasteiger partial charge in [-0.25, -0.2) is 0 Å². The van der Waals surface area contributed by atoms with Crippen molar-refractivity contribution in [3.8, 4) is 11.5 Å². The molecule has 1 aliphatic rings. The van der Waals surface area contributed by atoms with Gasteiger partial charge >= 0.3 is 0 Å². The molecule has 0 unspecified atom stereocenters. The highest BCUT2D eigenvalue weighted by molar-refractivity contribution is 6.36. The van der Waals surface area contributed by atoms with Crippen LogP contribution in [0.1, 0.15) is 22.3 Å². The standard InChI is InChI=1S/C19H17Cl2NO3/c1-11-2-4-12(5-3-11)6-7-15(23)22-9-8-13-14(10-22)17(21)19(25)18(24)16(13)20/h2-7,24-25H,8-10H2,1H3/b7-6+. The third-order valence-electron chi connectivity index (χ3n) is 4.32. The van der Waals surface area contributed by atoms with Crippen LogP contribution in [0.4, 0.5) is 0 Å². The van der Waals surface area contributed by atoms with Crippen LogP contribution >= 0.6 is 23.2 Å². The van der Waals surface area contributed by atoms with Crippen LogP contribution in [-0.4, -0.2) is 27.6 Å². The summed E-state index contributed by atoms with van der Waals surface area (Å²) in [4.78, 5) is 14.1. The van der Waals surface area contributed by atoms with Crippen LogP contribution in [0.5, 0.6) is 11.5 Å². The molecule has 1 amide bonds. The summed E-state index contributed by atoms with van der Waals surface area (Å²) in [7, 11) is 0. The van der Waals surface area contributed by atoms with E-state index in [0.29, 0.717) is 24.1 Å². The molecular weight excluding hydrogens is 361 g/mol. The van der Waals surface area contributed by atoms with Gasteiger partial charge in [-0.1, -0.05) is 53.0 Å². The molecule has 0 fully saturated rings. The molecule has 0 saturated heterocycles. The van der Waals surface area contributed by atoms with E-state index in [1.807, 2.05) is 31.2 Å². The van der Waals surface area contributed by atoms with Crippen LogP contribution in [-0.2, 0) is 17.8 Å². The average Bonchev–Trinajstić information content (AvgIpc) is 2.63. The van der Waals surface area contributed by atoms with Crippen molar-refractivity contribution < 1.29 is 15.0 Å². The summed E-state index contributed by atoms with van der Waals surface area (Å²) in [5, 5.41) is 19.8. The topological polar surface area (TPSA) is 60.8 Å². The maximum atomic E-state index is 12.4. The number of rotatable bonds is 2. The SMILES string of the molecule is Cc1ccc(/C=C/C(=O)N2CCc3c(Cl)c(O)c(O)c(Cl)c3C2)cc1. The van der Waals surface area contributed by atoms with E-state index in [4.69, 9.17) is 23.2 Å². The second-order valence-corrected chi connectivity index (χ2v) is 6.79. The molecule has 4 nitrogen and oxygen atoms in total. The van der Waals surface area contributed by atoms with Crippen molar-refractivity contribution in [2.45, 2.75) is 19.9 Å². The number of amides is 1. The first-order valence-corrected chi connectivity index (χ1v) is 8.58. The quantitative estimate of drug-likeness (QED) is 0.605. The van der Waals surface area contributed by atoms with Gasteiger partial charge in [0.05, 0.1) is 10.0 Å². The molecular formula is C19H17Cl2NO3. The maximum absolute atomic E-state index is 12.4. The van der Waals surface area contributed by atoms with Gasteiger partial charge in [0.2, 0.25) is 5.91 Å². The van der Waals surface area contributed by atoms with Gasteiger partial charge in [0.15, 0.2) is 11.5 Å². The molecule has 25 heavy (non-hydrogen) atoms. The molecule has 1 heterocycles. The Morgan fingerprint density at radius 1 is 1.08 bits per heavy atom. The van der Waals surface area contributed by atoms with Gasteiger partial charge in [0.1, 0.15) is 0 Å². The number of phenolic OH excluding ortho intramolecular Hbond substituents is 2. The predicted molar refractivity (Wildman–Crippen MR) is 99.1 cm³/mol. The van der Waals surface area contributed by atoms with Crippen molar-refractivity contribution in [2.75, 3.05) is 6.54 Å². The molecule has 0 radical (unpaired) electrons. The summed E-state index contributed by atoms with van der Waals surface area (Å²) in [6.07, 6.45) is 3.75. The number of hydrogen-bond donors (Lipinski definition) is 2. The lowest BCUT2D eigenvalue weighted by Crippen LogP contribution is -2.35. The van der Waals surface area contributed by atoms with Gasteiger partial charge in [-0.05, 0) is 36.1 Å². The van der Waals surface area contributed by atoms with Crippen LogP contribution < -0.4 is 0 Å². The fourth-order valence-electron chi connectivity index (χ4n) is 2.84. The number of aryl methyl sites for hydroxylation is 1. The Kier molecular flexibility index (Phi) is 4.93. The zero-order chi connectivity index (χ0) is 18.1. The highest BCUT2D eigenvalue weighted by Crippen LogP contribution is 2.46. The molecule has 130 valence electrons. The molecule has 0 aromatic heterocycles. The van der Waals surface area contributed by atoms with E-state index in [0.717, 1.165) is 11.1 Å². The van der Waals surface area contributed by atoms with Crippen LogP contribution in [0.25, 0.3) is 6.08 Å². The van der Waals surface area contributed by atoms with Crippen molar-refractivity contribution >= 4 is 35.2 Å². The largest absolute Gasteiger partial charge is 0.503 e. The fourth-order valence-corrected chi connectivity index (χ4v) is 3.40. The number of nitrogens with zero attached hydrogens (tertiary/aromatic N) is 1. The van der Waals surface area contributed by atoms with Crippen molar-refractivity contribution in [3.63, 3.8) is 0 Å². The normalized spacial score (nSPS) is 14.0. The van der Waals surface area contributed by atoms with Crippen molar-refractivity contribution in [3.05, 3.63) is 62.6 Å². The smallest absolute Gasteiger partial charge is 0.246 e.